The van der Waals surface area contributed by atoms with Gasteiger partial charge in [0.1, 0.15) is 6.61 Å². The van der Waals surface area contributed by atoms with Gasteiger partial charge < -0.3 is 10.3 Å². The van der Waals surface area contributed by atoms with Gasteiger partial charge >= 0.3 is 11.7 Å². The van der Waals surface area contributed by atoms with Gasteiger partial charge in [0.2, 0.25) is 0 Å². The third-order valence-electron chi connectivity index (χ3n) is 1.82. The SMILES string of the molecule is C=CCOC(=O)C(=[N+]=[N-])c1ccc(F)c(F)c1. The molecule has 0 saturated heterocycles. The van der Waals surface area contributed by atoms with Crippen LogP contribution in [0.25, 0.3) is 5.53 Å². The second kappa shape index (κ2) is 5.67. The van der Waals surface area contributed by atoms with Crippen LogP contribution in [0.5, 0.6) is 0 Å². The van der Waals surface area contributed by atoms with Gasteiger partial charge in [-0.25, -0.2) is 13.6 Å². The lowest BCUT2D eigenvalue weighted by molar-refractivity contribution is -0.138. The topological polar surface area (TPSA) is 62.7 Å². The van der Waals surface area contributed by atoms with Crippen LogP contribution in [0.15, 0.2) is 30.9 Å². The molecule has 0 aliphatic carbocycles. The molecule has 0 unspecified atom stereocenters. The summed E-state index contributed by atoms with van der Waals surface area (Å²) in [4.78, 5) is 14.1. The Bertz CT molecular complexity index is 508. The molecule has 0 spiro atoms. The molecule has 1 rings (SSSR count). The van der Waals surface area contributed by atoms with E-state index >= 15 is 0 Å². The molecule has 0 amide bonds. The molecule has 0 radical (unpaired) electrons. The first-order chi connectivity index (χ1) is 8.10. The predicted octanol–water partition coefficient (Wildman–Crippen LogP) is 1.71. The van der Waals surface area contributed by atoms with Crippen LogP contribution in [0.2, 0.25) is 0 Å². The molecule has 0 bridgehead atoms. The van der Waals surface area contributed by atoms with Gasteiger partial charge in [-0.1, -0.05) is 12.7 Å². The molecule has 4 nitrogen and oxygen atoms in total. The predicted molar refractivity (Wildman–Crippen MR) is 55.2 cm³/mol. The fourth-order valence-electron chi connectivity index (χ4n) is 1.06. The van der Waals surface area contributed by atoms with E-state index in [1.54, 1.807) is 0 Å². The third kappa shape index (κ3) is 3.06. The number of nitrogens with zero attached hydrogens (tertiary/aromatic N) is 2. The average Bonchev–Trinajstić information content (AvgIpc) is 2.32. The van der Waals surface area contributed by atoms with Crippen molar-refractivity contribution in [3.8, 4) is 0 Å². The number of carbonyl (C=O) groups is 1. The number of rotatable bonds is 4. The van der Waals surface area contributed by atoms with E-state index in [2.05, 4.69) is 16.1 Å². The number of carbonyl (C=O) groups excluding carboxylic acids is 1. The molecule has 0 heterocycles. The highest BCUT2D eigenvalue weighted by molar-refractivity contribution is 6.40. The van der Waals surface area contributed by atoms with Crippen molar-refractivity contribution in [2.75, 3.05) is 6.61 Å². The average molecular weight is 238 g/mol. The van der Waals surface area contributed by atoms with Crippen molar-refractivity contribution in [3.63, 3.8) is 0 Å². The lowest BCUT2D eigenvalue weighted by Gasteiger charge is -1.98. The highest BCUT2D eigenvalue weighted by Crippen LogP contribution is 2.09. The molecule has 0 aromatic heterocycles. The van der Waals surface area contributed by atoms with Crippen LogP contribution >= 0.6 is 0 Å². The van der Waals surface area contributed by atoms with Crippen molar-refractivity contribution in [3.05, 3.63) is 53.6 Å². The number of esters is 1. The van der Waals surface area contributed by atoms with Crippen LogP contribution in [0.3, 0.4) is 0 Å². The molecule has 88 valence electrons. The van der Waals surface area contributed by atoms with Crippen molar-refractivity contribution < 1.29 is 23.1 Å². The Balaban J connectivity index is 3.02. The summed E-state index contributed by atoms with van der Waals surface area (Å²) in [7, 11) is 0. The lowest BCUT2D eigenvalue weighted by Crippen LogP contribution is -2.20. The largest absolute Gasteiger partial charge is 0.453 e. The number of benzene rings is 1. The van der Waals surface area contributed by atoms with Crippen LogP contribution in [0.4, 0.5) is 8.78 Å². The summed E-state index contributed by atoms with van der Waals surface area (Å²) >= 11 is 0. The molecular formula is C11H8F2N2O2. The zero-order valence-corrected chi connectivity index (χ0v) is 8.69. The first-order valence-corrected chi connectivity index (χ1v) is 4.55. The van der Waals surface area contributed by atoms with Crippen LogP contribution < -0.4 is 0 Å². The van der Waals surface area contributed by atoms with Crippen molar-refractivity contribution in [2.45, 2.75) is 0 Å². The van der Waals surface area contributed by atoms with Crippen molar-refractivity contribution in [1.82, 2.24) is 0 Å². The van der Waals surface area contributed by atoms with E-state index in [-0.39, 0.29) is 12.2 Å². The van der Waals surface area contributed by atoms with E-state index in [9.17, 15) is 13.6 Å². The summed E-state index contributed by atoms with van der Waals surface area (Å²) < 4.78 is 30.2. The minimum atomic E-state index is -1.15. The number of hydrogen-bond donors (Lipinski definition) is 0. The number of hydrogen-bond acceptors (Lipinski definition) is 2. The molecule has 0 atom stereocenters. The second-order valence-electron chi connectivity index (χ2n) is 2.96. The monoisotopic (exact) mass is 238 g/mol. The minimum absolute atomic E-state index is 0.0818. The number of halogens is 2. The third-order valence-corrected chi connectivity index (χ3v) is 1.82. The maximum atomic E-state index is 12.9. The maximum absolute atomic E-state index is 12.9. The van der Waals surface area contributed by atoms with Gasteiger partial charge in [-0.2, -0.15) is 4.79 Å². The normalized spacial score (nSPS) is 9.29. The molecule has 0 aliphatic rings. The van der Waals surface area contributed by atoms with Crippen molar-refractivity contribution in [2.24, 2.45) is 0 Å². The maximum Gasteiger partial charge on any atom is 0.422 e. The van der Waals surface area contributed by atoms with E-state index in [1.165, 1.54) is 6.08 Å². The fourth-order valence-corrected chi connectivity index (χ4v) is 1.06. The van der Waals surface area contributed by atoms with E-state index < -0.39 is 23.3 Å². The first kappa shape index (κ1) is 12.7. The van der Waals surface area contributed by atoms with Gasteiger partial charge in [0.25, 0.3) is 0 Å². The molecule has 0 fully saturated rings. The van der Waals surface area contributed by atoms with Crippen molar-refractivity contribution in [1.29, 1.82) is 0 Å². The molecule has 1 aromatic carbocycles. The van der Waals surface area contributed by atoms with E-state index in [0.29, 0.717) is 0 Å². The first-order valence-electron chi connectivity index (χ1n) is 4.55. The number of ether oxygens (including phenoxy) is 1. The Morgan fingerprint density at radius 3 is 2.71 bits per heavy atom. The van der Waals surface area contributed by atoms with E-state index in [1.807, 2.05) is 0 Å². The van der Waals surface area contributed by atoms with Gasteiger partial charge in [0.05, 0.1) is 5.56 Å². The van der Waals surface area contributed by atoms with E-state index in [0.717, 1.165) is 18.2 Å². The standard InChI is InChI=1S/C11H8F2N2O2/c1-2-5-17-11(16)10(15-14)7-3-4-8(12)9(13)6-7/h2-4,6H,1,5H2. The van der Waals surface area contributed by atoms with Crippen LogP contribution in [-0.2, 0) is 9.53 Å². The summed E-state index contributed by atoms with van der Waals surface area (Å²) in [6.45, 7) is 3.25. The minimum Gasteiger partial charge on any atom is -0.453 e. The van der Waals surface area contributed by atoms with Crippen molar-refractivity contribution >= 4 is 11.7 Å². The quantitative estimate of drug-likeness (QED) is 0.263. The van der Waals surface area contributed by atoms with Gasteiger partial charge in [-0.3, -0.25) is 0 Å². The van der Waals surface area contributed by atoms with Gasteiger partial charge in [0.15, 0.2) is 11.6 Å². The fraction of sp³-hybridized carbons (Fsp3) is 0.0909. The highest BCUT2D eigenvalue weighted by atomic mass is 19.2. The summed E-state index contributed by atoms with van der Waals surface area (Å²) in [5, 5.41) is 0. The summed E-state index contributed by atoms with van der Waals surface area (Å²) in [6, 6.07) is 2.65. The molecule has 0 aliphatic heterocycles. The summed E-state index contributed by atoms with van der Waals surface area (Å²) in [5.41, 5.74) is 8.06. The summed E-state index contributed by atoms with van der Waals surface area (Å²) in [5.74, 6) is -3.18. The Morgan fingerprint density at radius 2 is 2.18 bits per heavy atom. The molecular weight excluding hydrogens is 230 g/mol. The molecule has 17 heavy (non-hydrogen) atoms. The van der Waals surface area contributed by atoms with Gasteiger partial charge in [0, 0.05) is 0 Å². The smallest absolute Gasteiger partial charge is 0.422 e. The van der Waals surface area contributed by atoms with Crippen LogP contribution in [-0.4, -0.2) is 23.1 Å². The van der Waals surface area contributed by atoms with E-state index in [4.69, 9.17) is 5.53 Å². The Hall–Kier alpha value is -2.33. The van der Waals surface area contributed by atoms with Gasteiger partial charge in [-0.05, 0) is 18.2 Å². The van der Waals surface area contributed by atoms with Gasteiger partial charge in [-0.15, -0.1) is 0 Å². The molecule has 6 heteroatoms. The Kier molecular flexibility index (Phi) is 4.25. The zero-order chi connectivity index (χ0) is 12.8. The Morgan fingerprint density at radius 1 is 1.47 bits per heavy atom. The summed E-state index contributed by atoms with van der Waals surface area (Å²) in [6.07, 6.45) is 1.32. The zero-order valence-electron chi connectivity index (χ0n) is 8.69. The Labute approximate surface area is 95.8 Å². The van der Waals surface area contributed by atoms with Crippen LogP contribution in [0.1, 0.15) is 5.56 Å². The van der Waals surface area contributed by atoms with Crippen LogP contribution in [0, 0.1) is 11.6 Å². The highest BCUT2D eigenvalue weighted by Gasteiger charge is 2.25. The second-order valence-corrected chi connectivity index (χ2v) is 2.96. The lowest BCUT2D eigenvalue weighted by atomic mass is 10.1. The molecule has 0 saturated carbocycles. The molecule has 0 N–H and O–H groups in total. The molecule has 1 aromatic rings.